The first-order valence-corrected chi connectivity index (χ1v) is 7.66. The van der Waals surface area contributed by atoms with Gasteiger partial charge in [-0.05, 0) is 20.0 Å². The Morgan fingerprint density at radius 3 is 2.68 bits per heavy atom. The van der Waals surface area contributed by atoms with E-state index in [-0.39, 0.29) is 5.41 Å². The van der Waals surface area contributed by atoms with Gasteiger partial charge in [0, 0.05) is 36.0 Å². The van der Waals surface area contributed by atoms with Crippen molar-refractivity contribution >= 4 is 0 Å². The van der Waals surface area contributed by atoms with Crippen LogP contribution in [0.25, 0.3) is 0 Å². The normalized spacial score (nSPS) is 12.1. The van der Waals surface area contributed by atoms with Crippen molar-refractivity contribution in [2.45, 2.75) is 52.7 Å². The first kappa shape index (κ1) is 16.5. The van der Waals surface area contributed by atoms with Crippen molar-refractivity contribution in [2.24, 2.45) is 0 Å². The predicted octanol–water partition coefficient (Wildman–Crippen LogP) is 3.03. The van der Waals surface area contributed by atoms with E-state index in [1.54, 1.807) is 0 Å². The molecule has 5 heteroatoms. The van der Waals surface area contributed by atoms with Crippen molar-refractivity contribution in [3.05, 3.63) is 47.6 Å². The van der Waals surface area contributed by atoms with Gasteiger partial charge in [-0.15, -0.1) is 6.58 Å². The second-order valence-electron chi connectivity index (χ2n) is 6.95. The SMILES string of the molecule is C=CCn1cc(CN(C)Cc2cc(C(C)(C)C)n[nH]2)c(C)n1. The first-order valence-electron chi connectivity index (χ1n) is 7.66. The molecule has 0 amide bonds. The number of H-pyrrole nitrogens is 1. The highest BCUT2D eigenvalue weighted by Crippen LogP contribution is 2.21. The average Bonchev–Trinajstić information content (AvgIpc) is 2.97. The Morgan fingerprint density at radius 2 is 2.09 bits per heavy atom. The lowest BCUT2D eigenvalue weighted by molar-refractivity contribution is 0.314. The summed E-state index contributed by atoms with van der Waals surface area (Å²) in [6, 6.07) is 2.16. The van der Waals surface area contributed by atoms with Crippen molar-refractivity contribution in [3.8, 4) is 0 Å². The molecular formula is C17H27N5. The van der Waals surface area contributed by atoms with Gasteiger partial charge in [-0.1, -0.05) is 26.8 Å². The molecule has 0 atom stereocenters. The highest BCUT2D eigenvalue weighted by atomic mass is 15.3. The summed E-state index contributed by atoms with van der Waals surface area (Å²) in [6.07, 6.45) is 3.96. The number of hydrogen-bond donors (Lipinski definition) is 1. The average molecular weight is 301 g/mol. The van der Waals surface area contributed by atoms with Gasteiger partial charge in [0.15, 0.2) is 0 Å². The Labute approximate surface area is 133 Å². The molecule has 0 aliphatic heterocycles. The Bertz CT molecular complexity index is 630. The summed E-state index contributed by atoms with van der Waals surface area (Å²) in [5, 5.41) is 12.1. The molecule has 0 spiro atoms. The Morgan fingerprint density at radius 1 is 1.36 bits per heavy atom. The van der Waals surface area contributed by atoms with E-state index in [1.165, 1.54) is 5.56 Å². The second kappa shape index (κ2) is 6.48. The van der Waals surface area contributed by atoms with Crippen LogP contribution in [-0.2, 0) is 25.0 Å². The zero-order valence-electron chi connectivity index (χ0n) is 14.3. The number of rotatable bonds is 6. The van der Waals surface area contributed by atoms with Crippen molar-refractivity contribution in [1.29, 1.82) is 0 Å². The maximum Gasteiger partial charge on any atom is 0.0678 e. The molecule has 1 N–H and O–H groups in total. The van der Waals surface area contributed by atoms with Crippen molar-refractivity contribution in [3.63, 3.8) is 0 Å². The number of nitrogens with one attached hydrogen (secondary N) is 1. The fraction of sp³-hybridized carbons (Fsp3) is 0.529. The van der Waals surface area contributed by atoms with Crippen molar-refractivity contribution < 1.29 is 0 Å². The number of aromatic nitrogens is 4. The molecule has 0 aliphatic rings. The lowest BCUT2D eigenvalue weighted by Crippen LogP contribution is -2.17. The van der Waals surface area contributed by atoms with Gasteiger partial charge in [-0.3, -0.25) is 14.7 Å². The molecule has 120 valence electrons. The van der Waals surface area contributed by atoms with Crippen molar-refractivity contribution in [1.82, 2.24) is 24.9 Å². The van der Waals surface area contributed by atoms with Crippen LogP contribution in [0.2, 0.25) is 0 Å². The highest BCUT2D eigenvalue weighted by molar-refractivity contribution is 5.18. The summed E-state index contributed by atoms with van der Waals surface area (Å²) in [5.74, 6) is 0. The van der Waals surface area contributed by atoms with Crippen LogP contribution in [0.15, 0.2) is 24.9 Å². The van der Waals surface area contributed by atoms with Crippen LogP contribution in [0.3, 0.4) is 0 Å². The minimum Gasteiger partial charge on any atom is -0.296 e. The van der Waals surface area contributed by atoms with Crippen LogP contribution in [0.4, 0.5) is 0 Å². The minimum atomic E-state index is 0.0791. The van der Waals surface area contributed by atoms with Crippen LogP contribution in [0.5, 0.6) is 0 Å². The van der Waals surface area contributed by atoms with E-state index in [9.17, 15) is 0 Å². The maximum absolute atomic E-state index is 4.50. The van der Waals surface area contributed by atoms with E-state index < -0.39 is 0 Å². The zero-order valence-corrected chi connectivity index (χ0v) is 14.3. The summed E-state index contributed by atoms with van der Waals surface area (Å²) < 4.78 is 1.93. The van der Waals surface area contributed by atoms with Gasteiger partial charge in [-0.2, -0.15) is 10.2 Å². The number of aryl methyl sites for hydroxylation is 1. The Kier molecular flexibility index (Phi) is 4.86. The Balaban J connectivity index is 1.99. The maximum atomic E-state index is 4.50. The van der Waals surface area contributed by atoms with Crippen LogP contribution >= 0.6 is 0 Å². The molecule has 0 bridgehead atoms. The smallest absolute Gasteiger partial charge is 0.0678 e. The summed E-state index contributed by atoms with van der Waals surface area (Å²) in [5.41, 5.74) is 4.65. The topological polar surface area (TPSA) is 49.7 Å². The summed E-state index contributed by atoms with van der Waals surface area (Å²) in [4.78, 5) is 2.27. The lowest BCUT2D eigenvalue weighted by atomic mass is 9.92. The van der Waals surface area contributed by atoms with E-state index >= 15 is 0 Å². The molecule has 0 radical (unpaired) electrons. The third-order valence-corrected chi connectivity index (χ3v) is 3.64. The largest absolute Gasteiger partial charge is 0.296 e. The standard InChI is InChI=1S/C17H27N5/c1-7-8-22-11-14(13(2)20-22)10-21(6)12-15-9-16(19-18-15)17(3,4)5/h7,9,11H,1,8,10,12H2,2-6H3,(H,18,19). The first-order chi connectivity index (χ1) is 10.3. The fourth-order valence-electron chi connectivity index (χ4n) is 2.40. The van der Waals surface area contributed by atoms with Crippen LogP contribution < -0.4 is 0 Å². The number of nitrogens with zero attached hydrogens (tertiary/aromatic N) is 4. The fourth-order valence-corrected chi connectivity index (χ4v) is 2.40. The van der Waals surface area contributed by atoms with Crippen LogP contribution in [-0.4, -0.2) is 31.9 Å². The van der Waals surface area contributed by atoms with E-state index in [2.05, 4.69) is 73.8 Å². The van der Waals surface area contributed by atoms with Gasteiger partial charge in [0.2, 0.25) is 0 Å². The lowest BCUT2D eigenvalue weighted by Gasteiger charge is -2.15. The number of hydrogen-bond acceptors (Lipinski definition) is 3. The molecule has 0 unspecified atom stereocenters. The quantitative estimate of drug-likeness (QED) is 0.834. The third-order valence-electron chi connectivity index (χ3n) is 3.64. The van der Waals surface area contributed by atoms with E-state index in [4.69, 9.17) is 0 Å². The molecule has 2 aromatic rings. The molecule has 0 saturated heterocycles. The van der Waals surface area contributed by atoms with E-state index in [0.717, 1.165) is 36.7 Å². The number of aromatic amines is 1. The van der Waals surface area contributed by atoms with Crippen LogP contribution in [0.1, 0.15) is 43.4 Å². The highest BCUT2D eigenvalue weighted by Gasteiger charge is 2.18. The molecule has 2 rings (SSSR count). The van der Waals surface area contributed by atoms with Gasteiger partial charge in [0.1, 0.15) is 0 Å². The summed E-state index contributed by atoms with van der Waals surface area (Å²) >= 11 is 0. The van der Waals surface area contributed by atoms with Crippen LogP contribution in [0, 0.1) is 6.92 Å². The van der Waals surface area contributed by atoms with E-state index in [0.29, 0.717) is 0 Å². The molecular weight excluding hydrogens is 274 g/mol. The van der Waals surface area contributed by atoms with E-state index in [1.807, 2.05) is 10.8 Å². The summed E-state index contributed by atoms with van der Waals surface area (Å²) in [6.45, 7) is 14.8. The minimum absolute atomic E-state index is 0.0791. The molecule has 5 nitrogen and oxygen atoms in total. The monoisotopic (exact) mass is 301 g/mol. The van der Waals surface area contributed by atoms with Gasteiger partial charge >= 0.3 is 0 Å². The van der Waals surface area contributed by atoms with Gasteiger partial charge < -0.3 is 0 Å². The molecule has 0 aliphatic carbocycles. The van der Waals surface area contributed by atoms with Gasteiger partial charge in [-0.25, -0.2) is 0 Å². The molecule has 2 heterocycles. The molecule has 0 saturated carbocycles. The predicted molar refractivity (Wildman–Crippen MR) is 89.6 cm³/mol. The Hall–Kier alpha value is -1.88. The zero-order chi connectivity index (χ0) is 16.3. The molecule has 22 heavy (non-hydrogen) atoms. The van der Waals surface area contributed by atoms with Crippen molar-refractivity contribution in [2.75, 3.05) is 7.05 Å². The summed E-state index contributed by atoms with van der Waals surface area (Å²) in [7, 11) is 2.11. The molecule has 2 aromatic heterocycles. The van der Waals surface area contributed by atoms with Gasteiger partial charge in [0.05, 0.1) is 17.9 Å². The molecule has 0 aromatic carbocycles. The second-order valence-corrected chi connectivity index (χ2v) is 6.95. The number of allylic oxidation sites excluding steroid dienone is 1. The molecule has 0 fully saturated rings. The van der Waals surface area contributed by atoms with Gasteiger partial charge in [0.25, 0.3) is 0 Å². The third kappa shape index (κ3) is 4.07.